The monoisotopic (exact) mass is 241 g/mol. The molecule has 0 radical (unpaired) electrons. The van der Waals surface area contributed by atoms with Gasteiger partial charge in [-0.25, -0.2) is 4.98 Å². The van der Waals surface area contributed by atoms with Gasteiger partial charge in [0.15, 0.2) is 0 Å². The molecular weight excluding hydrogens is 222 g/mol. The first-order chi connectivity index (χ1) is 8.84. The Labute approximate surface area is 108 Å². The lowest BCUT2D eigenvalue weighted by molar-refractivity contribution is 0.255. The van der Waals surface area contributed by atoms with E-state index in [9.17, 15) is 0 Å². The third kappa shape index (κ3) is 2.18. The Morgan fingerprint density at radius 1 is 1.22 bits per heavy atom. The van der Waals surface area contributed by atoms with Crippen molar-refractivity contribution in [3.8, 4) is 11.3 Å². The fraction of sp³-hybridized carbons (Fsp3) is 0.400. The number of nitrogens with one attached hydrogen (secondary N) is 1. The number of aromatic amines is 1. The van der Waals surface area contributed by atoms with Crippen LogP contribution in [0.2, 0.25) is 0 Å². The van der Waals surface area contributed by atoms with Gasteiger partial charge in [0.1, 0.15) is 0 Å². The first-order valence-electron chi connectivity index (χ1n) is 6.61. The summed E-state index contributed by atoms with van der Waals surface area (Å²) in [5.74, 6) is 0.675. The van der Waals surface area contributed by atoms with Crippen molar-refractivity contribution < 1.29 is 0 Å². The lowest BCUT2D eigenvalue weighted by Gasteiger charge is -2.30. The molecule has 3 rings (SSSR count). The summed E-state index contributed by atoms with van der Waals surface area (Å²) in [6, 6.07) is 8.69. The Morgan fingerprint density at radius 2 is 2.00 bits per heavy atom. The summed E-state index contributed by atoms with van der Waals surface area (Å²) in [5.41, 5.74) is 3.80. The molecule has 1 fully saturated rings. The molecular formula is C15H19N3. The van der Waals surface area contributed by atoms with E-state index in [1.165, 1.54) is 37.1 Å². The molecule has 1 N–H and O–H groups in total. The summed E-state index contributed by atoms with van der Waals surface area (Å²) in [6.07, 6.45) is 6.23. The van der Waals surface area contributed by atoms with Crippen LogP contribution in [0.25, 0.3) is 11.3 Å². The maximum absolute atomic E-state index is 4.39. The minimum absolute atomic E-state index is 0.675. The van der Waals surface area contributed by atoms with Crippen molar-refractivity contribution >= 4 is 0 Å². The molecule has 0 bridgehead atoms. The molecule has 0 amide bonds. The summed E-state index contributed by atoms with van der Waals surface area (Å²) in [4.78, 5) is 9.85. The summed E-state index contributed by atoms with van der Waals surface area (Å²) < 4.78 is 0. The molecule has 1 aliphatic rings. The van der Waals surface area contributed by atoms with Crippen molar-refractivity contribution in [1.82, 2.24) is 14.9 Å². The zero-order valence-corrected chi connectivity index (χ0v) is 10.8. The predicted molar refractivity (Wildman–Crippen MR) is 73.5 cm³/mol. The van der Waals surface area contributed by atoms with Gasteiger partial charge < -0.3 is 9.88 Å². The van der Waals surface area contributed by atoms with Crippen LogP contribution < -0.4 is 0 Å². The molecule has 1 aromatic heterocycles. The smallest absolute Gasteiger partial charge is 0.0927 e. The highest BCUT2D eigenvalue weighted by molar-refractivity contribution is 5.63. The van der Waals surface area contributed by atoms with Gasteiger partial charge in [0.25, 0.3) is 0 Å². The number of rotatable bonds is 2. The van der Waals surface area contributed by atoms with Crippen LogP contribution in [0.15, 0.2) is 36.8 Å². The zero-order valence-electron chi connectivity index (χ0n) is 10.8. The van der Waals surface area contributed by atoms with Gasteiger partial charge in [0.05, 0.1) is 12.0 Å². The van der Waals surface area contributed by atoms with Gasteiger partial charge in [-0.2, -0.15) is 0 Å². The van der Waals surface area contributed by atoms with E-state index in [-0.39, 0.29) is 0 Å². The largest absolute Gasteiger partial charge is 0.351 e. The molecule has 0 spiro atoms. The summed E-state index contributed by atoms with van der Waals surface area (Å²) in [7, 11) is 2.20. The molecule has 18 heavy (non-hydrogen) atoms. The fourth-order valence-corrected chi connectivity index (χ4v) is 2.81. The van der Waals surface area contributed by atoms with E-state index >= 15 is 0 Å². The number of benzene rings is 1. The second-order valence-electron chi connectivity index (χ2n) is 5.12. The van der Waals surface area contributed by atoms with Crippen molar-refractivity contribution in [2.75, 3.05) is 20.1 Å². The van der Waals surface area contributed by atoms with Gasteiger partial charge in [-0.15, -0.1) is 0 Å². The highest BCUT2D eigenvalue weighted by Gasteiger charge is 2.21. The first kappa shape index (κ1) is 11.5. The lowest BCUT2D eigenvalue weighted by Crippen LogP contribution is -2.29. The lowest BCUT2D eigenvalue weighted by atomic mass is 9.86. The molecule has 2 heterocycles. The summed E-state index contributed by atoms with van der Waals surface area (Å²) >= 11 is 0. The number of hydrogen-bond acceptors (Lipinski definition) is 2. The fourth-order valence-electron chi connectivity index (χ4n) is 2.81. The van der Waals surface area contributed by atoms with Gasteiger partial charge >= 0.3 is 0 Å². The van der Waals surface area contributed by atoms with E-state index in [0.29, 0.717) is 5.92 Å². The normalized spacial score (nSPS) is 18.1. The molecule has 0 aliphatic carbocycles. The Morgan fingerprint density at radius 3 is 2.72 bits per heavy atom. The van der Waals surface area contributed by atoms with Crippen LogP contribution in [0.5, 0.6) is 0 Å². The van der Waals surface area contributed by atoms with Gasteiger partial charge in [-0.05, 0) is 44.5 Å². The maximum atomic E-state index is 4.39. The first-order valence-corrected chi connectivity index (χ1v) is 6.61. The van der Waals surface area contributed by atoms with Gasteiger partial charge in [0.2, 0.25) is 0 Å². The summed E-state index contributed by atoms with van der Waals surface area (Å²) in [6.45, 7) is 2.39. The number of imidazole rings is 1. The highest BCUT2D eigenvalue weighted by atomic mass is 15.1. The third-order valence-electron chi connectivity index (χ3n) is 3.89. The number of H-pyrrole nitrogens is 1. The SMILES string of the molecule is CN1CCC(c2ccccc2-c2c[nH]cn2)CC1. The Hall–Kier alpha value is -1.61. The number of aromatic nitrogens is 2. The van der Waals surface area contributed by atoms with Gasteiger partial charge in [-0.3, -0.25) is 0 Å². The standard InChI is InChI=1S/C15H19N3/c1-18-8-6-12(7-9-18)13-4-2-3-5-14(13)15-10-16-11-17-15/h2-5,10-12H,6-9H2,1H3,(H,16,17). The molecule has 0 atom stereocenters. The highest BCUT2D eigenvalue weighted by Crippen LogP contribution is 2.34. The van der Waals surface area contributed by atoms with Crippen LogP contribution in [-0.2, 0) is 0 Å². The molecule has 1 aromatic carbocycles. The van der Waals surface area contributed by atoms with Gasteiger partial charge in [-0.1, -0.05) is 24.3 Å². The van der Waals surface area contributed by atoms with Crippen LogP contribution in [-0.4, -0.2) is 35.0 Å². The predicted octanol–water partition coefficient (Wildman–Crippen LogP) is 2.89. The average Bonchev–Trinajstić information content (AvgIpc) is 2.93. The molecule has 2 aromatic rings. The van der Waals surface area contributed by atoms with Crippen molar-refractivity contribution in [2.24, 2.45) is 0 Å². The minimum Gasteiger partial charge on any atom is -0.351 e. The van der Waals surface area contributed by atoms with Crippen LogP contribution in [0, 0.1) is 0 Å². The van der Waals surface area contributed by atoms with Crippen molar-refractivity contribution in [3.05, 3.63) is 42.4 Å². The minimum atomic E-state index is 0.675. The summed E-state index contributed by atoms with van der Waals surface area (Å²) in [5, 5.41) is 0. The molecule has 3 heteroatoms. The Bertz CT molecular complexity index is 496. The van der Waals surface area contributed by atoms with E-state index in [1.807, 2.05) is 6.20 Å². The van der Waals surface area contributed by atoms with Crippen LogP contribution in [0.1, 0.15) is 24.3 Å². The zero-order chi connectivity index (χ0) is 12.4. The van der Waals surface area contributed by atoms with Crippen LogP contribution in [0.4, 0.5) is 0 Å². The maximum Gasteiger partial charge on any atom is 0.0927 e. The number of likely N-dealkylation sites (tertiary alicyclic amines) is 1. The van der Waals surface area contributed by atoms with E-state index < -0.39 is 0 Å². The van der Waals surface area contributed by atoms with E-state index in [1.54, 1.807) is 6.33 Å². The van der Waals surface area contributed by atoms with Gasteiger partial charge in [0, 0.05) is 11.8 Å². The van der Waals surface area contributed by atoms with Crippen molar-refractivity contribution in [2.45, 2.75) is 18.8 Å². The van der Waals surface area contributed by atoms with E-state index in [4.69, 9.17) is 0 Å². The molecule has 1 aliphatic heterocycles. The third-order valence-corrected chi connectivity index (χ3v) is 3.89. The number of hydrogen-bond donors (Lipinski definition) is 1. The van der Waals surface area contributed by atoms with Crippen molar-refractivity contribution in [3.63, 3.8) is 0 Å². The molecule has 0 saturated carbocycles. The Balaban J connectivity index is 1.92. The van der Waals surface area contributed by atoms with Crippen LogP contribution >= 0.6 is 0 Å². The quantitative estimate of drug-likeness (QED) is 0.876. The van der Waals surface area contributed by atoms with E-state index in [0.717, 1.165) is 5.69 Å². The molecule has 94 valence electrons. The Kier molecular flexibility index (Phi) is 3.15. The van der Waals surface area contributed by atoms with E-state index in [2.05, 4.69) is 46.2 Å². The number of piperidine rings is 1. The molecule has 0 unspecified atom stereocenters. The average molecular weight is 241 g/mol. The molecule has 1 saturated heterocycles. The second kappa shape index (κ2) is 4.94. The number of nitrogens with zero attached hydrogens (tertiary/aromatic N) is 2. The second-order valence-corrected chi connectivity index (χ2v) is 5.12. The molecule has 3 nitrogen and oxygen atoms in total. The van der Waals surface area contributed by atoms with Crippen molar-refractivity contribution in [1.29, 1.82) is 0 Å². The topological polar surface area (TPSA) is 31.9 Å². The van der Waals surface area contributed by atoms with Crippen LogP contribution in [0.3, 0.4) is 0 Å².